The van der Waals surface area contributed by atoms with Gasteiger partial charge in [0.15, 0.2) is 0 Å². The highest BCUT2D eigenvalue weighted by Gasteiger charge is 2.14. The summed E-state index contributed by atoms with van der Waals surface area (Å²) >= 11 is 0. The first-order valence-electron chi connectivity index (χ1n) is 6.09. The average molecular weight is 284 g/mol. The van der Waals surface area contributed by atoms with E-state index in [0.29, 0.717) is 11.2 Å². The standard InChI is InChI=1S/C14H11N3O4/c18-13-11-7-6-10(17(20)21)8-12(11)15-14(13)16(19)9-4-2-1-3-5-9/h1-8,15,18-19H/p-1. The molecule has 7 nitrogen and oxygen atoms in total. The monoisotopic (exact) mass is 284 g/mol. The van der Waals surface area contributed by atoms with Crippen molar-refractivity contribution in [2.45, 2.75) is 0 Å². The van der Waals surface area contributed by atoms with E-state index in [4.69, 9.17) is 0 Å². The fraction of sp³-hybridized carbons (Fsp3) is 0. The SMILES string of the molecule is O=[N+]([O-])c1ccc2c([O-])c(N(O)c3ccccc3)[nH]c2c1. The van der Waals surface area contributed by atoms with Gasteiger partial charge >= 0.3 is 0 Å². The van der Waals surface area contributed by atoms with E-state index in [1.54, 1.807) is 30.3 Å². The second-order valence-electron chi connectivity index (χ2n) is 4.44. The van der Waals surface area contributed by atoms with E-state index >= 15 is 0 Å². The number of nitro benzene ring substituents is 1. The average Bonchev–Trinajstić information content (AvgIpc) is 2.84. The Morgan fingerprint density at radius 2 is 1.86 bits per heavy atom. The zero-order valence-corrected chi connectivity index (χ0v) is 10.7. The molecule has 1 aromatic heterocycles. The number of anilines is 2. The lowest BCUT2D eigenvalue weighted by atomic mass is 10.2. The molecule has 21 heavy (non-hydrogen) atoms. The quantitative estimate of drug-likeness (QED) is 0.568. The van der Waals surface area contributed by atoms with Crippen LogP contribution >= 0.6 is 0 Å². The summed E-state index contributed by atoms with van der Waals surface area (Å²) in [4.78, 5) is 12.9. The Labute approximate surface area is 118 Å². The molecule has 0 saturated carbocycles. The number of fused-ring (bicyclic) bond motifs is 1. The molecule has 0 saturated heterocycles. The van der Waals surface area contributed by atoms with E-state index < -0.39 is 10.7 Å². The van der Waals surface area contributed by atoms with Crippen molar-refractivity contribution in [2.24, 2.45) is 0 Å². The van der Waals surface area contributed by atoms with E-state index in [1.165, 1.54) is 18.2 Å². The fourth-order valence-electron chi connectivity index (χ4n) is 2.11. The number of aromatic amines is 1. The molecule has 106 valence electrons. The van der Waals surface area contributed by atoms with Gasteiger partial charge in [0.05, 0.1) is 16.1 Å². The van der Waals surface area contributed by atoms with Crippen molar-refractivity contribution in [1.82, 2.24) is 4.98 Å². The molecular formula is C14H10N3O4-. The third-order valence-corrected chi connectivity index (χ3v) is 3.14. The van der Waals surface area contributed by atoms with Gasteiger partial charge in [-0.1, -0.05) is 23.9 Å². The molecule has 7 heteroatoms. The molecule has 0 aliphatic carbocycles. The Balaban J connectivity index is 2.11. The normalized spacial score (nSPS) is 10.7. The van der Waals surface area contributed by atoms with Crippen LogP contribution in [0.15, 0.2) is 48.5 Å². The van der Waals surface area contributed by atoms with E-state index in [9.17, 15) is 20.4 Å². The lowest BCUT2D eigenvalue weighted by Crippen LogP contribution is -2.12. The number of nitrogens with zero attached hydrogens (tertiary/aromatic N) is 2. The second kappa shape index (κ2) is 4.80. The molecule has 0 spiro atoms. The Morgan fingerprint density at radius 1 is 1.14 bits per heavy atom. The second-order valence-corrected chi connectivity index (χ2v) is 4.44. The Morgan fingerprint density at radius 3 is 2.52 bits per heavy atom. The van der Waals surface area contributed by atoms with Crippen molar-refractivity contribution in [3.05, 3.63) is 58.6 Å². The molecule has 1 heterocycles. The van der Waals surface area contributed by atoms with Crippen LogP contribution in [0.2, 0.25) is 0 Å². The summed E-state index contributed by atoms with van der Waals surface area (Å²) in [6.07, 6.45) is 0. The number of non-ortho nitro benzene ring substituents is 1. The zero-order chi connectivity index (χ0) is 15.0. The summed E-state index contributed by atoms with van der Waals surface area (Å²) < 4.78 is 0. The smallest absolute Gasteiger partial charge is 0.271 e. The molecule has 0 amide bonds. The van der Waals surface area contributed by atoms with Gasteiger partial charge in [-0.25, -0.2) is 5.06 Å². The number of H-pyrrole nitrogens is 1. The summed E-state index contributed by atoms with van der Waals surface area (Å²) in [6, 6.07) is 12.4. The zero-order valence-electron chi connectivity index (χ0n) is 10.7. The summed E-state index contributed by atoms with van der Waals surface area (Å²) in [5.41, 5.74) is 0.592. The van der Waals surface area contributed by atoms with Crippen molar-refractivity contribution in [1.29, 1.82) is 0 Å². The Hall–Kier alpha value is -3.06. The summed E-state index contributed by atoms with van der Waals surface area (Å²) in [6.45, 7) is 0. The molecule has 0 aliphatic rings. The third-order valence-electron chi connectivity index (χ3n) is 3.14. The predicted molar refractivity (Wildman–Crippen MR) is 74.8 cm³/mol. The van der Waals surface area contributed by atoms with E-state index in [2.05, 4.69) is 4.98 Å². The summed E-state index contributed by atoms with van der Waals surface area (Å²) in [5, 5.41) is 34.1. The summed E-state index contributed by atoms with van der Waals surface area (Å²) in [5.74, 6) is -0.483. The Kier molecular flexibility index (Phi) is 2.96. The third kappa shape index (κ3) is 2.15. The van der Waals surface area contributed by atoms with Gasteiger partial charge < -0.3 is 10.1 Å². The van der Waals surface area contributed by atoms with Gasteiger partial charge in [0.2, 0.25) is 0 Å². The number of nitrogens with one attached hydrogen (secondary N) is 1. The van der Waals surface area contributed by atoms with Crippen LogP contribution in [0.5, 0.6) is 5.75 Å². The Bertz CT molecular complexity index is 814. The molecule has 2 N–H and O–H groups in total. The minimum Gasteiger partial charge on any atom is -0.870 e. The minimum atomic E-state index is -0.543. The molecule has 0 fully saturated rings. The maximum Gasteiger partial charge on any atom is 0.271 e. The first-order valence-corrected chi connectivity index (χ1v) is 6.09. The number of hydrogen-bond donors (Lipinski definition) is 2. The van der Waals surface area contributed by atoms with Crippen LogP contribution in [-0.4, -0.2) is 15.1 Å². The number of benzene rings is 2. The van der Waals surface area contributed by atoms with Crippen molar-refractivity contribution in [3.63, 3.8) is 0 Å². The van der Waals surface area contributed by atoms with Gasteiger partial charge in [-0.3, -0.25) is 15.3 Å². The molecule has 0 bridgehead atoms. The molecule has 0 atom stereocenters. The first-order chi connectivity index (χ1) is 10.1. The first kappa shape index (κ1) is 12.9. The van der Waals surface area contributed by atoms with Crippen molar-refractivity contribution < 1.29 is 15.2 Å². The van der Waals surface area contributed by atoms with Crippen LogP contribution < -0.4 is 10.2 Å². The number of para-hydroxylation sites is 1. The lowest BCUT2D eigenvalue weighted by molar-refractivity contribution is -0.384. The molecule has 2 aromatic carbocycles. The van der Waals surface area contributed by atoms with Gasteiger partial charge in [0.1, 0.15) is 5.82 Å². The lowest BCUT2D eigenvalue weighted by Gasteiger charge is -2.19. The topological polar surface area (TPSA) is 105 Å². The van der Waals surface area contributed by atoms with Gasteiger partial charge in [0, 0.05) is 12.1 Å². The fourth-order valence-corrected chi connectivity index (χ4v) is 2.11. The van der Waals surface area contributed by atoms with Gasteiger partial charge in [0.25, 0.3) is 5.69 Å². The molecule has 0 unspecified atom stereocenters. The van der Waals surface area contributed by atoms with Crippen LogP contribution in [0.3, 0.4) is 0 Å². The molecule has 0 aliphatic heterocycles. The molecule has 3 aromatic rings. The predicted octanol–water partition coefficient (Wildman–Crippen LogP) is 2.68. The highest BCUT2D eigenvalue weighted by Crippen LogP contribution is 2.36. The molecule has 3 rings (SSSR count). The van der Waals surface area contributed by atoms with Crippen LogP contribution in [0, 0.1) is 10.1 Å². The van der Waals surface area contributed by atoms with Crippen molar-refractivity contribution in [2.75, 3.05) is 5.06 Å². The minimum absolute atomic E-state index is 0.0586. The van der Waals surface area contributed by atoms with Crippen LogP contribution in [-0.2, 0) is 0 Å². The van der Waals surface area contributed by atoms with E-state index in [1.807, 2.05) is 0 Å². The van der Waals surface area contributed by atoms with Gasteiger partial charge in [-0.05, 0) is 23.6 Å². The summed E-state index contributed by atoms with van der Waals surface area (Å²) in [7, 11) is 0. The number of aromatic nitrogens is 1. The largest absolute Gasteiger partial charge is 0.870 e. The molecule has 0 radical (unpaired) electrons. The number of hydrogen-bond acceptors (Lipinski definition) is 5. The van der Waals surface area contributed by atoms with Crippen LogP contribution in [0.1, 0.15) is 0 Å². The number of rotatable bonds is 3. The van der Waals surface area contributed by atoms with Crippen LogP contribution in [0.4, 0.5) is 17.2 Å². The highest BCUT2D eigenvalue weighted by atomic mass is 16.6. The van der Waals surface area contributed by atoms with Gasteiger partial charge in [-0.15, -0.1) is 0 Å². The maximum absolute atomic E-state index is 12.2. The van der Waals surface area contributed by atoms with E-state index in [-0.39, 0.29) is 16.9 Å². The van der Waals surface area contributed by atoms with Crippen LogP contribution in [0.25, 0.3) is 10.9 Å². The van der Waals surface area contributed by atoms with Crippen molar-refractivity contribution >= 4 is 28.1 Å². The van der Waals surface area contributed by atoms with Crippen molar-refractivity contribution in [3.8, 4) is 5.75 Å². The van der Waals surface area contributed by atoms with E-state index in [0.717, 1.165) is 5.06 Å². The number of nitro groups is 1. The maximum atomic E-state index is 12.2. The highest BCUT2D eigenvalue weighted by molar-refractivity contribution is 5.93. The molecular weight excluding hydrogens is 274 g/mol. The van der Waals surface area contributed by atoms with Gasteiger partial charge in [-0.2, -0.15) is 0 Å².